The lowest BCUT2D eigenvalue weighted by Crippen LogP contribution is -2.37. The van der Waals surface area contributed by atoms with Crippen LogP contribution < -0.4 is 5.32 Å². The highest BCUT2D eigenvalue weighted by molar-refractivity contribution is 4.81. The van der Waals surface area contributed by atoms with E-state index < -0.39 is 0 Å². The van der Waals surface area contributed by atoms with Crippen LogP contribution in [-0.4, -0.2) is 19.2 Å². The summed E-state index contributed by atoms with van der Waals surface area (Å²) in [4.78, 5) is 0. The molecule has 0 aromatic rings. The van der Waals surface area contributed by atoms with Crippen molar-refractivity contribution in [1.29, 1.82) is 0 Å². The fraction of sp³-hybridized carbons (Fsp3) is 0.833. The third-order valence-electron chi connectivity index (χ3n) is 1.21. The lowest BCUT2D eigenvalue weighted by atomic mass is 10.3. The molecule has 1 heterocycles. The zero-order valence-corrected chi connectivity index (χ0v) is 5.40. The topological polar surface area (TPSA) is 21.3 Å². The normalized spacial score (nSPS) is 33.0. The van der Waals surface area contributed by atoms with Crippen molar-refractivity contribution in [3.63, 3.8) is 0 Å². The highest BCUT2D eigenvalue weighted by Gasteiger charge is 2.13. The van der Waals surface area contributed by atoms with Crippen LogP contribution in [0.1, 0.15) is 13.8 Å². The van der Waals surface area contributed by atoms with Crippen LogP contribution in [0.4, 0.5) is 0 Å². The number of rotatable bonds is 0. The van der Waals surface area contributed by atoms with Gasteiger partial charge in [0.25, 0.3) is 0 Å². The van der Waals surface area contributed by atoms with Crippen LogP contribution in [0, 0.1) is 6.10 Å². The van der Waals surface area contributed by atoms with Crippen LogP contribution in [-0.2, 0) is 4.74 Å². The van der Waals surface area contributed by atoms with Crippen molar-refractivity contribution < 1.29 is 4.74 Å². The number of nitrogens with one attached hydrogen (secondary N) is 1. The Morgan fingerprint density at radius 1 is 1.75 bits per heavy atom. The summed E-state index contributed by atoms with van der Waals surface area (Å²) >= 11 is 0. The molecule has 0 aromatic carbocycles. The highest BCUT2D eigenvalue weighted by Crippen LogP contribution is 2.07. The Hall–Kier alpha value is -0.0800. The molecule has 0 aliphatic carbocycles. The van der Waals surface area contributed by atoms with Crippen molar-refractivity contribution in [1.82, 2.24) is 5.32 Å². The lowest BCUT2D eigenvalue weighted by molar-refractivity contribution is 0.0507. The summed E-state index contributed by atoms with van der Waals surface area (Å²) in [5.74, 6) is 0. The predicted molar refractivity (Wildman–Crippen MR) is 32.3 cm³/mol. The van der Waals surface area contributed by atoms with Crippen LogP contribution in [0.15, 0.2) is 0 Å². The Balaban J connectivity index is 2.23. The van der Waals surface area contributed by atoms with E-state index in [-0.39, 0.29) is 0 Å². The van der Waals surface area contributed by atoms with Gasteiger partial charge in [0, 0.05) is 13.1 Å². The molecule has 1 atom stereocenters. The van der Waals surface area contributed by atoms with Crippen molar-refractivity contribution in [2.45, 2.75) is 20.0 Å². The smallest absolute Gasteiger partial charge is 0.108 e. The first-order valence-corrected chi connectivity index (χ1v) is 2.99. The molecule has 1 fully saturated rings. The largest absolute Gasteiger partial charge is 0.367 e. The van der Waals surface area contributed by atoms with Crippen LogP contribution in [0.5, 0.6) is 0 Å². The van der Waals surface area contributed by atoms with E-state index in [4.69, 9.17) is 4.74 Å². The quantitative estimate of drug-likeness (QED) is 0.496. The fourth-order valence-electron chi connectivity index (χ4n) is 0.878. The van der Waals surface area contributed by atoms with E-state index >= 15 is 0 Å². The van der Waals surface area contributed by atoms with Gasteiger partial charge < -0.3 is 10.1 Å². The molecule has 47 valence electrons. The molecule has 1 rings (SSSR count). The third kappa shape index (κ3) is 1.46. The molecule has 1 N–H and O–H groups in total. The molecule has 2 nitrogen and oxygen atoms in total. The molecule has 0 bridgehead atoms. The lowest BCUT2D eigenvalue weighted by Gasteiger charge is -2.24. The van der Waals surface area contributed by atoms with Crippen molar-refractivity contribution >= 4 is 0 Å². The van der Waals surface area contributed by atoms with E-state index in [2.05, 4.69) is 12.2 Å². The van der Waals surface area contributed by atoms with Crippen molar-refractivity contribution in [2.24, 2.45) is 0 Å². The summed E-state index contributed by atoms with van der Waals surface area (Å²) in [6.07, 6.45) is 1.47. The zero-order chi connectivity index (χ0) is 5.98. The van der Waals surface area contributed by atoms with Crippen LogP contribution in [0.2, 0.25) is 0 Å². The minimum absolute atomic E-state index is 0.365. The van der Waals surface area contributed by atoms with Crippen LogP contribution in [0.25, 0.3) is 0 Å². The second kappa shape index (κ2) is 2.46. The second-order valence-electron chi connectivity index (χ2n) is 2.26. The average Bonchev–Trinajstić information content (AvgIpc) is 1.64. The molecule has 1 radical (unpaired) electrons. The summed E-state index contributed by atoms with van der Waals surface area (Å²) < 4.78 is 5.34. The molecule has 1 saturated heterocycles. The van der Waals surface area contributed by atoms with E-state index in [9.17, 15) is 0 Å². The van der Waals surface area contributed by atoms with Gasteiger partial charge in [0.15, 0.2) is 0 Å². The monoisotopic (exact) mass is 114 g/mol. The maximum Gasteiger partial charge on any atom is 0.108 e. The molecule has 1 aliphatic heterocycles. The Labute approximate surface area is 50.2 Å². The Kier molecular flexibility index (Phi) is 1.86. The number of hydrogen-bond acceptors (Lipinski definition) is 2. The molecule has 0 aromatic heterocycles. The van der Waals surface area contributed by atoms with Gasteiger partial charge in [-0.2, -0.15) is 0 Å². The van der Waals surface area contributed by atoms with Gasteiger partial charge in [-0.25, -0.2) is 0 Å². The number of hydrogen-bond donors (Lipinski definition) is 1. The van der Waals surface area contributed by atoms with E-state index in [1.54, 1.807) is 0 Å². The van der Waals surface area contributed by atoms with Crippen LogP contribution in [0.3, 0.4) is 0 Å². The first-order valence-electron chi connectivity index (χ1n) is 2.99. The van der Waals surface area contributed by atoms with E-state index in [0.29, 0.717) is 6.10 Å². The third-order valence-corrected chi connectivity index (χ3v) is 1.21. The van der Waals surface area contributed by atoms with Crippen molar-refractivity contribution in [3.05, 3.63) is 6.10 Å². The van der Waals surface area contributed by atoms with Crippen molar-refractivity contribution in [3.8, 4) is 0 Å². The number of morpholine rings is 1. The maximum absolute atomic E-state index is 5.34. The van der Waals surface area contributed by atoms with Gasteiger partial charge in [-0.15, -0.1) is 0 Å². The molecule has 0 amide bonds. The Morgan fingerprint density at radius 3 is 2.88 bits per heavy atom. The summed E-state index contributed by atoms with van der Waals surface area (Å²) in [5.41, 5.74) is 0. The van der Waals surface area contributed by atoms with Gasteiger partial charge in [0.1, 0.15) is 6.10 Å². The van der Waals surface area contributed by atoms with Crippen molar-refractivity contribution in [2.75, 3.05) is 13.1 Å². The molecule has 0 spiro atoms. The second-order valence-corrected chi connectivity index (χ2v) is 2.26. The zero-order valence-electron chi connectivity index (χ0n) is 5.40. The Morgan fingerprint density at radius 2 is 2.50 bits per heavy atom. The van der Waals surface area contributed by atoms with Gasteiger partial charge in [-0.05, 0) is 13.8 Å². The molecule has 1 aliphatic rings. The maximum atomic E-state index is 5.34. The summed E-state index contributed by atoms with van der Waals surface area (Å²) in [7, 11) is 0. The first-order chi connectivity index (χ1) is 3.79. The van der Waals surface area contributed by atoms with Gasteiger partial charge in [0.2, 0.25) is 0 Å². The average molecular weight is 114 g/mol. The SMILES string of the molecule is C[C]1CNC[C@H](C)O1. The summed E-state index contributed by atoms with van der Waals surface area (Å²) in [5, 5.41) is 3.22. The van der Waals surface area contributed by atoms with Crippen LogP contribution >= 0.6 is 0 Å². The predicted octanol–water partition coefficient (Wildman–Crippen LogP) is 0.547. The Bertz CT molecular complexity index is 66.9. The summed E-state index contributed by atoms with van der Waals surface area (Å²) in [6.45, 7) is 5.97. The van der Waals surface area contributed by atoms with E-state index in [1.807, 2.05) is 6.92 Å². The molecular weight excluding hydrogens is 102 g/mol. The molecule has 0 saturated carbocycles. The molecule has 2 heteroatoms. The fourth-order valence-corrected chi connectivity index (χ4v) is 0.878. The minimum atomic E-state index is 0.365. The highest BCUT2D eigenvalue weighted by atomic mass is 16.5. The van der Waals surface area contributed by atoms with Gasteiger partial charge >= 0.3 is 0 Å². The standard InChI is InChI=1S/C6H12NO/c1-5-3-7-4-6(2)8-5/h5,7H,3-4H2,1-2H3/t5-/m0/s1. The first kappa shape index (κ1) is 6.05. The van der Waals surface area contributed by atoms with E-state index in [1.165, 1.54) is 0 Å². The van der Waals surface area contributed by atoms with E-state index in [0.717, 1.165) is 19.2 Å². The minimum Gasteiger partial charge on any atom is -0.367 e. The molecule has 0 unspecified atom stereocenters. The summed E-state index contributed by atoms with van der Waals surface area (Å²) in [6, 6.07) is 0. The van der Waals surface area contributed by atoms with Gasteiger partial charge in [-0.1, -0.05) is 0 Å². The van der Waals surface area contributed by atoms with Gasteiger partial charge in [0.05, 0.1) is 6.10 Å². The number of ether oxygens (including phenoxy) is 1. The molecule has 8 heavy (non-hydrogen) atoms. The van der Waals surface area contributed by atoms with Gasteiger partial charge in [-0.3, -0.25) is 0 Å². The molecular formula is C6H12NO.